The highest BCUT2D eigenvalue weighted by Gasteiger charge is 2.24. The van der Waals surface area contributed by atoms with Crippen LogP contribution in [0.4, 0.5) is 10.2 Å². The SMILES string of the molecule is CCCC1CCC(CCN2CCN(c3noc4ccc(F)cc34)CC2)CC1. The van der Waals surface area contributed by atoms with Gasteiger partial charge in [0.2, 0.25) is 0 Å². The number of aromatic nitrogens is 1. The molecule has 2 heterocycles. The molecule has 1 saturated heterocycles. The summed E-state index contributed by atoms with van der Waals surface area (Å²) >= 11 is 0. The van der Waals surface area contributed by atoms with Crippen LogP contribution < -0.4 is 4.90 Å². The van der Waals surface area contributed by atoms with Crippen LogP contribution in [0.3, 0.4) is 0 Å². The van der Waals surface area contributed by atoms with Crippen molar-refractivity contribution in [3.63, 3.8) is 0 Å². The van der Waals surface area contributed by atoms with Crippen molar-refractivity contribution in [2.45, 2.75) is 51.9 Å². The van der Waals surface area contributed by atoms with Gasteiger partial charge >= 0.3 is 0 Å². The summed E-state index contributed by atoms with van der Waals surface area (Å²) in [6.45, 7) is 7.49. The second-order valence-electron chi connectivity index (χ2n) is 8.44. The molecule has 2 aliphatic rings. The van der Waals surface area contributed by atoms with E-state index in [0.29, 0.717) is 5.58 Å². The largest absolute Gasteiger partial charge is 0.354 e. The molecular formula is C22H32FN3O. The maximum Gasteiger partial charge on any atom is 0.180 e. The maximum atomic E-state index is 13.6. The molecule has 1 aromatic heterocycles. The second-order valence-corrected chi connectivity index (χ2v) is 8.44. The normalized spacial score (nSPS) is 24.6. The van der Waals surface area contributed by atoms with Gasteiger partial charge in [-0.05, 0) is 43.0 Å². The molecule has 5 heteroatoms. The zero-order valence-electron chi connectivity index (χ0n) is 16.5. The molecule has 4 rings (SSSR count). The van der Waals surface area contributed by atoms with E-state index in [1.54, 1.807) is 6.07 Å². The van der Waals surface area contributed by atoms with Crippen LogP contribution in [0.1, 0.15) is 51.9 Å². The molecule has 2 fully saturated rings. The summed E-state index contributed by atoms with van der Waals surface area (Å²) in [6, 6.07) is 4.61. The Bertz CT molecular complexity index is 730. The Morgan fingerprint density at radius 3 is 2.44 bits per heavy atom. The monoisotopic (exact) mass is 373 g/mol. The molecule has 0 bridgehead atoms. The third kappa shape index (κ3) is 4.45. The summed E-state index contributed by atoms with van der Waals surface area (Å²) in [7, 11) is 0. The summed E-state index contributed by atoms with van der Waals surface area (Å²) in [6.07, 6.45) is 9.87. The van der Waals surface area contributed by atoms with Crippen molar-refractivity contribution in [2.75, 3.05) is 37.6 Å². The molecule has 0 amide bonds. The van der Waals surface area contributed by atoms with Crippen molar-refractivity contribution in [2.24, 2.45) is 11.8 Å². The van der Waals surface area contributed by atoms with Gasteiger partial charge in [-0.2, -0.15) is 0 Å². The van der Waals surface area contributed by atoms with Crippen LogP contribution >= 0.6 is 0 Å². The van der Waals surface area contributed by atoms with Gasteiger partial charge in [0.05, 0.1) is 5.39 Å². The van der Waals surface area contributed by atoms with Gasteiger partial charge in [0.25, 0.3) is 0 Å². The predicted molar refractivity (Wildman–Crippen MR) is 108 cm³/mol. The number of anilines is 1. The molecule has 1 aliphatic carbocycles. The van der Waals surface area contributed by atoms with Crippen LogP contribution in [-0.2, 0) is 0 Å². The summed E-state index contributed by atoms with van der Waals surface area (Å²) in [5.74, 6) is 2.48. The van der Waals surface area contributed by atoms with Crippen LogP contribution in [0, 0.1) is 17.7 Å². The second kappa shape index (κ2) is 8.59. The van der Waals surface area contributed by atoms with Crippen LogP contribution in [0.5, 0.6) is 0 Å². The van der Waals surface area contributed by atoms with E-state index in [1.807, 2.05) is 0 Å². The van der Waals surface area contributed by atoms with Gasteiger partial charge in [-0.1, -0.05) is 50.6 Å². The maximum absolute atomic E-state index is 13.6. The highest BCUT2D eigenvalue weighted by Crippen LogP contribution is 2.33. The Balaban J connectivity index is 1.24. The third-order valence-electron chi connectivity index (χ3n) is 6.60. The van der Waals surface area contributed by atoms with E-state index in [-0.39, 0.29) is 5.82 Å². The average Bonchev–Trinajstić information content (AvgIpc) is 3.11. The van der Waals surface area contributed by atoms with Crippen LogP contribution in [0.2, 0.25) is 0 Å². The molecule has 0 N–H and O–H groups in total. The molecular weight excluding hydrogens is 341 g/mol. The molecule has 1 aromatic carbocycles. The van der Waals surface area contributed by atoms with Gasteiger partial charge in [-0.15, -0.1) is 0 Å². The summed E-state index contributed by atoms with van der Waals surface area (Å²) in [5, 5.41) is 4.98. The van der Waals surface area contributed by atoms with E-state index in [4.69, 9.17) is 4.52 Å². The van der Waals surface area contributed by atoms with Gasteiger partial charge in [-0.3, -0.25) is 4.90 Å². The number of halogens is 1. The first kappa shape index (κ1) is 18.7. The summed E-state index contributed by atoms with van der Waals surface area (Å²) in [4.78, 5) is 4.81. The number of piperazine rings is 1. The Kier molecular flexibility index (Phi) is 5.96. The van der Waals surface area contributed by atoms with Crippen molar-refractivity contribution >= 4 is 16.8 Å². The van der Waals surface area contributed by atoms with Crippen molar-refractivity contribution in [3.8, 4) is 0 Å². The molecule has 27 heavy (non-hydrogen) atoms. The summed E-state index contributed by atoms with van der Waals surface area (Å²) in [5.41, 5.74) is 0.660. The first-order valence-corrected chi connectivity index (χ1v) is 10.7. The van der Waals surface area contributed by atoms with Crippen molar-refractivity contribution < 1.29 is 8.91 Å². The van der Waals surface area contributed by atoms with Gasteiger partial charge in [0.15, 0.2) is 11.4 Å². The topological polar surface area (TPSA) is 32.5 Å². The fourth-order valence-corrected chi connectivity index (χ4v) is 4.89. The molecule has 2 aromatic rings. The van der Waals surface area contributed by atoms with Crippen molar-refractivity contribution in [3.05, 3.63) is 24.0 Å². The molecule has 148 valence electrons. The average molecular weight is 374 g/mol. The highest BCUT2D eigenvalue weighted by atomic mass is 19.1. The number of rotatable bonds is 6. The number of fused-ring (bicyclic) bond motifs is 1. The minimum Gasteiger partial charge on any atom is -0.354 e. The molecule has 4 nitrogen and oxygen atoms in total. The van der Waals surface area contributed by atoms with Gasteiger partial charge in [0, 0.05) is 26.2 Å². The van der Waals surface area contributed by atoms with E-state index in [9.17, 15) is 4.39 Å². The van der Waals surface area contributed by atoms with Gasteiger partial charge < -0.3 is 9.42 Å². The molecule has 1 aliphatic heterocycles. The number of hydrogen-bond acceptors (Lipinski definition) is 4. The standard InChI is InChI=1S/C22H32FN3O/c1-2-3-17-4-6-18(7-5-17)10-11-25-12-14-26(15-13-25)22-20-16-19(23)8-9-21(20)27-24-22/h8-9,16-18H,2-7,10-15H2,1H3. The number of benzene rings is 1. The molecule has 0 unspecified atom stereocenters. The van der Waals surface area contributed by atoms with Crippen LogP contribution in [0.25, 0.3) is 11.0 Å². The first-order valence-electron chi connectivity index (χ1n) is 10.7. The lowest BCUT2D eigenvalue weighted by atomic mass is 9.79. The minimum absolute atomic E-state index is 0.237. The minimum atomic E-state index is -0.237. The van der Waals surface area contributed by atoms with E-state index < -0.39 is 0 Å². The molecule has 1 saturated carbocycles. The lowest BCUT2D eigenvalue weighted by molar-refractivity contribution is 0.200. The predicted octanol–water partition coefficient (Wildman–Crippen LogP) is 5.09. The van der Waals surface area contributed by atoms with Crippen molar-refractivity contribution in [1.82, 2.24) is 10.1 Å². The zero-order chi connectivity index (χ0) is 18.6. The lowest BCUT2D eigenvalue weighted by Gasteiger charge is -2.36. The Morgan fingerprint density at radius 1 is 1.04 bits per heavy atom. The lowest BCUT2D eigenvalue weighted by Crippen LogP contribution is -2.47. The molecule has 0 atom stereocenters. The van der Waals surface area contributed by atoms with Crippen molar-refractivity contribution in [1.29, 1.82) is 0 Å². The number of hydrogen-bond donors (Lipinski definition) is 0. The fourth-order valence-electron chi connectivity index (χ4n) is 4.89. The van der Waals surface area contributed by atoms with E-state index in [2.05, 4.69) is 21.9 Å². The molecule has 0 radical (unpaired) electrons. The molecule has 0 spiro atoms. The third-order valence-corrected chi connectivity index (χ3v) is 6.60. The van der Waals surface area contributed by atoms with Crippen LogP contribution in [-0.4, -0.2) is 42.8 Å². The van der Waals surface area contributed by atoms with Gasteiger partial charge in [0.1, 0.15) is 5.82 Å². The van der Waals surface area contributed by atoms with E-state index >= 15 is 0 Å². The van der Waals surface area contributed by atoms with E-state index in [0.717, 1.165) is 49.2 Å². The zero-order valence-corrected chi connectivity index (χ0v) is 16.5. The highest BCUT2D eigenvalue weighted by molar-refractivity contribution is 5.88. The van der Waals surface area contributed by atoms with Gasteiger partial charge in [-0.25, -0.2) is 4.39 Å². The Morgan fingerprint density at radius 2 is 1.74 bits per heavy atom. The number of nitrogens with zero attached hydrogens (tertiary/aromatic N) is 3. The first-order chi connectivity index (χ1) is 13.2. The Hall–Kier alpha value is -1.62. The Labute approximate surface area is 161 Å². The summed E-state index contributed by atoms with van der Waals surface area (Å²) < 4.78 is 18.9. The van der Waals surface area contributed by atoms with Crippen LogP contribution in [0.15, 0.2) is 22.7 Å². The quantitative estimate of drug-likeness (QED) is 0.706. The fraction of sp³-hybridized carbons (Fsp3) is 0.682. The smallest absolute Gasteiger partial charge is 0.180 e. The van der Waals surface area contributed by atoms with E-state index in [1.165, 1.54) is 63.6 Å².